The Bertz CT molecular complexity index is 1240. The smallest absolute Gasteiger partial charge is 0.246 e. The van der Waals surface area contributed by atoms with Crippen molar-refractivity contribution in [3.8, 4) is 0 Å². The van der Waals surface area contributed by atoms with E-state index in [1.165, 1.54) is 22.6 Å². The molecular weight excluding hydrogens is 430 g/mol. The normalized spacial score (nSPS) is 20.2. The molecule has 7 heteroatoms. The Morgan fingerprint density at radius 1 is 1.39 bits per heavy atom. The van der Waals surface area contributed by atoms with Gasteiger partial charge in [-0.1, -0.05) is 26.5 Å². The van der Waals surface area contributed by atoms with E-state index in [1.807, 2.05) is 11.1 Å². The largest absolute Gasteiger partial charge is 0.347 e. The van der Waals surface area contributed by atoms with Gasteiger partial charge in [-0.25, -0.2) is 9.97 Å². The van der Waals surface area contributed by atoms with E-state index in [4.69, 9.17) is 4.98 Å². The number of fused-ring (bicyclic) bond motifs is 3. The molecule has 1 N–H and O–H groups in total. The zero-order valence-corrected chi connectivity index (χ0v) is 20.4. The van der Waals surface area contributed by atoms with Gasteiger partial charge in [-0.3, -0.25) is 4.79 Å². The summed E-state index contributed by atoms with van der Waals surface area (Å²) >= 11 is 1.63. The Balaban J connectivity index is 1.60. The number of thiazole rings is 1. The fourth-order valence-corrected chi connectivity index (χ4v) is 5.90. The van der Waals surface area contributed by atoms with Gasteiger partial charge in [-0.05, 0) is 56.2 Å². The quantitative estimate of drug-likeness (QED) is 0.463. The summed E-state index contributed by atoms with van der Waals surface area (Å²) < 4.78 is 2.32. The highest BCUT2D eigenvalue weighted by molar-refractivity contribution is 7.15. The van der Waals surface area contributed by atoms with Crippen LogP contribution in [0.25, 0.3) is 16.5 Å². The first kappa shape index (κ1) is 21.9. The van der Waals surface area contributed by atoms with Crippen molar-refractivity contribution in [2.24, 2.45) is 5.92 Å². The van der Waals surface area contributed by atoms with E-state index in [9.17, 15) is 4.79 Å². The molecule has 172 valence electrons. The van der Waals surface area contributed by atoms with Gasteiger partial charge in [0.2, 0.25) is 5.91 Å². The van der Waals surface area contributed by atoms with Crippen LogP contribution in [-0.2, 0) is 11.3 Å². The number of hydrogen-bond acceptors (Lipinski definition) is 5. The molecule has 5 rings (SSSR count). The summed E-state index contributed by atoms with van der Waals surface area (Å²) in [6.07, 6.45) is 11.8. The first-order chi connectivity index (χ1) is 15.9. The predicted molar refractivity (Wildman–Crippen MR) is 136 cm³/mol. The monoisotopic (exact) mass is 461 g/mol. The van der Waals surface area contributed by atoms with Crippen molar-refractivity contribution < 1.29 is 4.79 Å². The van der Waals surface area contributed by atoms with Crippen LogP contribution in [0, 0.1) is 12.8 Å². The molecule has 0 radical (unpaired) electrons. The van der Waals surface area contributed by atoms with E-state index in [0.29, 0.717) is 5.92 Å². The lowest BCUT2D eigenvalue weighted by atomic mass is 9.83. The summed E-state index contributed by atoms with van der Waals surface area (Å²) in [6, 6.07) is 4.65. The second-order valence-electron chi connectivity index (χ2n) is 9.55. The Kier molecular flexibility index (Phi) is 5.83. The summed E-state index contributed by atoms with van der Waals surface area (Å²) in [5.41, 5.74) is 3.44. The highest BCUT2D eigenvalue weighted by Crippen LogP contribution is 2.39. The first-order valence-corrected chi connectivity index (χ1v) is 12.6. The molecule has 0 spiro atoms. The van der Waals surface area contributed by atoms with Crippen molar-refractivity contribution in [1.82, 2.24) is 19.4 Å². The lowest BCUT2D eigenvalue weighted by Crippen LogP contribution is -2.51. The molecule has 0 aromatic carbocycles. The zero-order valence-electron chi connectivity index (χ0n) is 19.5. The molecule has 6 nitrogen and oxygen atoms in total. The number of piperidine rings is 1. The number of carbonyl (C=O) groups is 1. The van der Waals surface area contributed by atoms with Crippen LogP contribution in [0.3, 0.4) is 0 Å². The number of amides is 1. The fraction of sp³-hybridized carbons (Fsp3) is 0.423. The second kappa shape index (κ2) is 8.78. The number of carbonyl (C=O) groups excluding carboxylic acids is 1. The first-order valence-electron chi connectivity index (χ1n) is 11.8. The Morgan fingerprint density at radius 2 is 2.24 bits per heavy atom. The van der Waals surface area contributed by atoms with Gasteiger partial charge in [0.1, 0.15) is 5.82 Å². The molecule has 2 bridgehead atoms. The third kappa shape index (κ3) is 4.22. The average Bonchev–Trinajstić information content (AvgIpc) is 3.37. The maximum Gasteiger partial charge on any atom is 0.246 e. The Hall–Kier alpha value is -2.93. The maximum absolute atomic E-state index is 12.5. The van der Waals surface area contributed by atoms with Crippen LogP contribution in [0.2, 0.25) is 0 Å². The van der Waals surface area contributed by atoms with Crippen LogP contribution in [0.5, 0.6) is 0 Å². The van der Waals surface area contributed by atoms with Crippen molar-refractivity contribution in [1.29, 1.82) is 0 Å². The summed E-state index contributed by atoms with van der Waals surface area (Å²) in [6.45, 7) is 11.2. The standard InChI is InChI=1S/C26H31N5OS/c1-5-24(32)31-19-7-6-8-20(31)12-18(11-19)25-21-9-10-30(15-16(2)3)22(21)13-23(28-25)29-26-27-14-17(4)33-26/h5,9-11,13-14,16,19-20H,1,6-8,12,15H2,2-4H3,(H,27,28,29). The van der Waals surface area contributed by atoms with Gasteiger partial charge >= 0.3 is 0 Å². The van der Waals surface area contributed by atoms with Gasteiger partial charge in [-0.15, -0.1) is 11.3 Å². The number of rotatable bonds is 6. The lowest BCUT2D eigenvalue weighted by Gasteiger charge is -2.44. The molecule has 33 heavy (non-hydrogen) atoms. The average molecular weight is 462 g/mol. The predicted octanol–water partition coefficient (Wildman–Crippen LogP) is 5.92. The Labute approximate surface area is 199 Å². The molecule has 1 fully saturated rings. The van der Waals surface area contributed by atoms with Crippen LogP contribution < -0.4 is 5.32 Å². The minimum Gasteiger partial charge on any atom is -0.347 e. The minimum atomic E-state index is 0.0377. The highest BCUT2D eigenvalue weighted by atomic mass is 32.1. The van der Waals surface area contributed by atoms with E-state index in [1.54, 1.807) is 11.3 Å². The van der Waals surface area contributed by atoms with Gasteiger partial charge in [-0.2, -0.15) is 0 Å². The van der Waals surface area contributed by atoms with Crippen LogP contribution in [-0.4, -0.2) is 37.4 Å². The lowest BCUT2D eigenvalue weighted by molar-refractivity contribution is -0.131. The van der Waals surface area contributed by atoms with E-state index in [-0.39, 0.29) is 18.0 Å². The number of nitrogens with one attached hydrogen (secondary N) is 1. The maximum atomic E-state index is 12.5. The van der Waals surface area contributed by atoms with Crippen molar-refractivity contribution >= 4 is 44.7 Å². The molecule has 1 amide bonds. The molecule has 2 unspecified atom stereocenters. The molecule has 2 atom stereocenters. The summed E-state index contributed by atoms with van der Waals surface area (Å²) in [7, 11) is 0. The van der Waals surface area contributed by atoms with Gasteiger partial charge in [0.05, 0.1) is 17.3 Å². The van der Waals surface area contributed by atoms with Gasteiger partial charge in [0.15, 0.2) is 5.13 Å². The molecular formula is C26H31N5OS. The minimum absolute atomic E-state index is 0.0377. The topological polar surface area (TPSA) is 63.1 Å². The van der Waals surface area contributed by atoms with E-state index in [0.717, 1.165) is 53.7 Å². The molecule has 0 aliphatic carbocycles. The number of aromatic nitrogens is 3. The molecule has 5 heterocycles. The molecule has 2 aliphatic heterocycles. The zero-order chi connectivity index (χ0) is 23.1. The van der Waals surface area contributed by atoms with Gasteiger partial charge < -0.3 is 14.8 Å². The van der Waals surface area contributed by atoms with Crippen LogP contribution in [0.4, 0.5) is 10.9 Å². The van der Waals surface area contributed by atoms with Crippen molar-refractivity contribution in [3.05, 3.63) is 53.8 Å². The van der Waals surface area contributed by atoms with Crippen LogP contribution in [0.15, 0.2) is 43.3 Å². The molecule has 3 aromatic heterocycles. The van der Waals surface area contributed by atoms with Gasteiger partial charge in [0.25, 0.3) is 0 Å². The van der Waals surface area contributed by atoms with E-state index < -0.39 is 0 Å². The molecule has 0 saturated carbocycles. The number of aryl methyl sites for hydroxylation is 1. The third-order valence-corrected chi connectivity index (χ3v) is 7.38. The number of hydrogen-bond donors (Lipinski definition) is 1. The van der Waals surface area contributed by atoms with Crippen molar-refractivity contribution in [2.75, 3.05) is 5.32 Å². The molecule has 3 aromatic rings. The second-order valence-corrected chi connectivity index (χ2v) is 10.8. The van der Waals surface area contributed by atoms with E-state index in [2.05, 4.69) is 66.6 Å². The molecule has 2 aliphatic rings. The summed E-state index contributed by atoms with van der Waals surface area (Å²) in [5.74, 6) is 1.39. The van der Waals surface area contributed by atoms with Crippen molar-refractivity contribution in [3.63, 3.8) is 0 Å². The van der Waals surface area contributed by atoms with Crippen molar-refractivity contribution in [2.45, 2.75) is 65.1 Å². The van der Waals surface area contributed by atoms with Crippen LogP contribution in [0.1, 0.15) is 50.1 Å². The SMILES string of the molecule is C=CC(=O)N1C2C=C(c3nc(Nc4ncc(C)s4)cc4c3ccn4CC(C)C)CC1CCC2. The number of pyridine rings is 1. The third-order valence-electron chi connectivity index (χ3n) is 6.56. The van der Waals surface area contributed by atoms with E-state index >= 15 is 0 Å². The fourth-order valence-electron chi connectivity index (χ4n) is 5.23. The summed E-state index contributed by atoms with van der Waals surface area (Å²) in [4.78, 5) is 25.3. The van der Waals surface area contributed by atoms with Crippen LogP contribution >= 0.6 is 11.3 Å². The summed E-state index contributed by atoms with van der Waals surface area (Å²) in [5, 5.41) is 5.45. The number of anilines is 2. The van der Waals surface area contributed by atoms with Gasteiger partial charge in [0, 0.05) is 41.3 Å². The Morgan fingerprint density at radius 3 is 2.94 bits per heavy atom. The highest BCUT2D eigenvalue weighted by Gasteiger charge is 2.37. The molecule has 1 saturated heterocycles. The number of nitrogens with zero attached hydrogens (tertiary/aromatic N) is 4.